The summed E-state index contributed by atoms with van der Waals surface area (Å²) in [6.45, 7) is 1.98. The van der Waals surface area contributed by atoms with Gasteiger partial charge in [0.15, 0.2) is 0 Å². The number of rotatable bonds is 4. The van der Waals surface area contributed by atoms with Crippen molar-refractivity contribution in [2.45, 2.75) is 6.92 Å². The Labute approximate surface area is 143 Å². The van der Waals surface area contributed by atoms with E-state index in [0.717, 1.165) is 11.1 Å². The third-order valence-corrected chi connectivity index (χ3v) is 3.56. The lowest BCUT2D eigenvalue weighted by molar-refractivity contribution is 0.0990. The first-order valence-electron chi connectivity index (χ1n) is 7.12. The molecule has 0 saturated carbocycles. The lowest BCUT2D eigenvalue weighted by Crippen LogP contribution is -2.13. The highest BCUT2D eigenvalue weighted by Gasteiger charge is 2.17. The molecule has 3 rings (SSSR count). The molecule has 24 heavy (non-hydrogen) atoms. The largest absolute Gasteiger partial charge is 0.495 e. The van der Waals surface area contributed by atoms with Crippen molar-refractivity contribution in [1.82, 2.24) is 10.2 Å². The Morgan fingerprint density at radius 3 is 2.62 bits per heavy atom. The molecule has 3 aromatic rings. The summed E-state index contributed by atoms with van der Waals surface area (Å²) in [5.41, 5.74) is 2.28. The molecule has 2 aromatic carbocycles. The molecule has 0 aliphatic heterocycles. The van der Waals surface area contributed by atoms with Crippen LogP contribution in [0.15, 0.2) is 46.9 Å². The van der Waals surface area contributed by atoms with Gasteiger partial charge in [-0.25, -0.2) is 0 Å². The summed E-state index contributed by atoms with van der Waals surface area (Å²) in [6, 6.07) is 12.5. The number of hydrogen-bond donors (Lipinski definition) is 1. The van der Waals surface area contributed by atoms with E-state index in [1.54, 1.807) is 18.2 Å². The molecular formula is C17H14ClN3O3. The first-order chi connectivity index (χ1) is 11.6. The van der Waals surface area contributed by atoms with E-state index in [9.17, 15) is 4.79 Å². The van der Waals surface area contributed by atoms with Crippen LogP contribution in [0, 0.1) is 6.92 Å². The predicted octanol–water partition coefficient (Wildman–Crippen LogP) is 3.96. The van der Waals surface area contributed by atoms with Crippen LogP contribution in [0.5, 0.6) is 5.75 Å². The quantitative estimate of drug-likeness (QED) is 0.775. The van der Waals surface area contributed by atoms with Gasteiger partial charge in [-0.2, -0.15) is 0 Å². The molecule has 1 aromatic heterocycles. The fourth-order valence-corrected chi connectivity index (χ4v) is 2.25. The number of aryl methyl sites for hydroxylation is 1. The van der Waals surface area contributed by atoms with Gasteiger partial charge in [-0.1, -0.05) is 29.3 Å². The first-order valence-corrected chi connectivity index (χ1v) is 7.50. The Morgan fingerprint density at radius 1 is 1.17 bits per heavy atom. The Bertz CT molecular complexity index is 875. The standard InChI is InChI=1S/C17H14ClN3O3/c1-10-3-5-11(6-4-10)16-20-21-17(24-16)15(22)19-13-9-12(18)7-8-14(13)23-2/h3-9H,1-2H3,(H,19,22). The molecular weight excluding hydrogens is 330 g/mol. The number of carbonyl (C=O) groups excluding carboxylic acids is 1. The van der Waals surface area contributed by atoms with E-state index in [1.807, 2.05) is 31.2 Å². The van der Waals surface area contributed by atoms with E-state index < -0.39 is 5.91 Å². The second kappa shape index (κ2) is 6.72. The number of amides is 1. The third-order valence-electron chi connectivity index (χ3n) is 3.33. The van der Waals surface area contributed by atoms with Crippen molar-refractivity contribution in [3.8, 4) is 17.2 Å². The van der Waals surface area contributed by atoms with Crippen molar-refractivity contribution in [3.05, 3.63) is 58.9 Å². The van der Waals surface area contributed by atoms with Crippen LogP contribution in [0.25, 0.3) is 11.5 Å². The zero-order chi connectivity index (χ0) is 17.1. The number of nitrogens with one attached hydrogen (secondary N) is 1. The number of carbonyl (C=O) groups is 1. The van der Waals surface area contributed by atoms with Gasteiger partial charge < -0.3 is 14.5 Å². The molecule has 0 bridgehead atoms. The minimum absolute atomic E-state index is 0.146. The van der Waals surface area contributed by atoms with Gasteiger partial charge >= 0.3 is 11.8 Å². The normalized spacial score (nSPS) is 10.5. The van der Waals surface area contributed by atoms with Gasteiger partial charge in [-0.15, -0.1) is 10.2 Å². The highest BCUT2D eigenvalue weighted by atomic mass is 35.5. The second-order valence-corrected chi connectivity index (χ2v) is 5.51. The molecule has 0 atom stereocenters. The highest BCUT2D eigenvalue weighted by Crippen LogP contribution is 2.28. The van der Waals surface area contributed by atoms with Crippen molar-refractivity contribution in [2.24, 2.45) is 0 Å². The first kappa shape index (κ1) is 16.0. The maximum atomic E-state index is 12.3. The number of methoxy groups -OCH3 is 1. The fourth-order valence-electron chi connectivity index (χ4n) is 2.08. The molecule has 0 aliphatic carbocycles. The third kappa shape index (κ3) is 3.38. The second-order valence-electron chi connectivity index (χ2n) is 5.08. The average Bonchev–Trinajstić information content (AvgIpc) is 3.06. The Morgan fingerprint density at radius 2 is 1.92 bits per heavy atom. The lowest BCUT2D eigenvalue weighted by Gasteiger charge is -2.08. The van der Waals surface area contributed by atoms with Gasteiger partial charge in [-0.3, -0.25) is 4.79 Å². The predicted molar refractivity (Wildman–Crippen MR) is 90.4 cm³/mol. The van der Waals surface area contributed by atoms with E-state index >= 15 is 0 Å². The van der Waals surface area contributed by atoms with Gasteiger partial charge in [0.2, 0.25) is 5.89 Å². The van der Waals surface area contributed by atoms with E-state index in [4.69, 9.17) is 20.8 Å². The molecule has 1 heterocycles. The van der Waals surface area contributed by atoms with Crippen LogP contribution in [0.3, 0.4) is 0 Å². The number of benzene rings is 2. The van der Waals surface area contributed by atoms with Crippen LogP contribution in [-0.4, -0.2) is 23.2 Å². The number of anilines is 1. The summed E-state index contributed by atoms with van der Waals surface area (Å²) in [6.07, 6.45) is 0. The number of hydrogen-bond acceptors (Lipinski definition) is 5. The van der Waals surface area contributed by atoms with Gasteiger partial charge in [0.05, 0.1) is 12.8 Å². The maximum absolute atomic E-state index is 12.3. The summed E-state index contributed by atoms with van der Waals surface area (Å²) in [5.74, 6) is 0.0678. The zero-order valence-electron chi connectivity index (χ0n) is 13.0. The van der Waals surface area contributed by atoms with E-state index in [0.29, 0.717) is 16.5 Å². The lowest BCUT2D eigenvalue weighted by atomic mass is 10.1. The molecule has 122 valence electrons. The van der Waals surface area contributed by atoms with Crippen LogP contribution in [-0.2, 0) is 0 Å². The van der Waals surface area contributed by atoms with Gasteiger partial charge in [0.25, 0.3) is 0 Å². The molecule has 0 saturated heterocycles. The topological polar surface area (TPSA) is 77.2 Å². The molecule has 0 radical (unpaired) electrons. The van der Waals surface area contributed by atoms with E-state index in [1.165, 1.54) is 7.11 Å². The molecule has 6 nitrogen and oxygen atoms in total. The van der Waals surface area contributed by atoms with Crippen LogP contribution in [0.2, 0.25) is 5.02 Å². The molecule has 0 fully saturated rings. The molecule has 7 heteroatoms. The number of halogens is 1. The molecule has 0 spiro atoms. The number of aromatic nitrogens is 2. The molecule has 0 aliphatic rings. The highest BCUT2D eigenvalue weighted by molar-refractivity contribution is 6.31. The Balaban J connectivity index is 1.81. The number of ether oxygens (including phenoxy) is 1. The Hall–Kier alpha value is -2.86. The number of nitrogens with zero attached hydrogens (tertiary/aromatic N) is 2. The summed E-state index contributed by atoms with van der Waals surface area (Å²) < 4.78 is 10.6. The van der Waals surface area contributed by atoms with Crippen molar-refractivity contribution >= 4 is 23.2 Å². The zero-order valence-corrected chi connectivity index (χ0v) is 13.8. The minimum atomic E-state index is -0.540. The molecule has 1 amide bonds. The summed E-state index contributed by atoms with van der Waals surface area (Å²) in [7, 11) is 1.50. The monoisotopic (exact) mass is 343 g/mol. The SMILES string of the molecule is COc1ccc(Cl)cc1NC(=O)c1nnc(-c2ccc(C)cc2)o1. The van der Waals surface area contributed by atoms with E-state index in [2.05, 4.69) is 15.5 Å². The van der Waals surface area contributed by atoms with E-state index in [-0.39, 0.29) is 11.8 Å². The van der Waals surface area contributed by atoms with Gasteiger partial charge in [-0.05, 0) is 37.3 Å². The summed E-state index contributed by atoms with van der Waals surface area (Å²) in [5, 5.41) is 10.8. The fraction of sp³-hybridized carbons (Fsp3) is 0.118. The van der Waals surface area contributed by atoms with Crippen LogP contribution in [0.4, 0.5) is 5.69 Å². The van der Waals surface area contributed by atoms with Crippen LogP contribution >= 0.6 is 11.6 Å². The van der Waals surface area contributed by atoms with Crippen molar-refractivity contribution < 1.29 is 13.9 Å². The Kier molecular flexibility index (Phi) is 4.48. The smallest absolute Gasteiger partial charge is 0.313 e. The molecule has 1 N–H and O–H groups in total. The van der Waals surface area contributed by atoms with Crippen molar-refractivity contribution in [2.75, 3.05) is 12.4 Å². The van der Waals surface area contributed by atoms with Crippen molar-refractivity contribution in [1.29, 1.82) is 0 Å². The minimum Gasteiger partial charge on any atom is -0.495 e. The van der Waals surface area contributed by atoms with Crippen molar-refractivity contribution in [3.63, 3.8) is 0 Å². The van der Waals surface area contributed by atoms with Crippen LogP contribution < -0.4 is 10.1 Å². The van der Waals surface area contributed by atoms with Crippen LogP contribution in [0.1, 0.15) is 16.2 Å². The maximum Gasteiger partial charge on any atom is 0.313 e. The van der Waals surface area contributed by atoms with Gasteiger partial charge in [0.1, 0.15) is 5.75 Å². The molecule has 0 unspecified atom stereocenters. The average molecular weight is 344 g/mol. The summed E-state index contributed by atoms with van der Waals surface area (Å²) >= 11 is 5.94. The van der Waals surface area contributed by atoms with Gasteiger partial charge in [0, 0.05) is 10.6 Å². The summed E-state index contributed by atoms with van der Waals surface area (Å²) in [4.78, 5) is 12.3.